The zero-order valence-electron chi connectivity index (χ0n) is 38.2. The van der Waals surface area contributed by atoms with Crippen molar-refractivity contribution in [1.29, 1.82) is 0 Å². The molecule has 1 spiro atoms. The van der Waals surface area contributed by atoms with Gasteiger partial charge < -0.3 is 4.90 Å². The highest BCUT2D eigenvalue weighted by molar-refractivity contribution is 8.00. The van der Waals surface area contributed by atoms with Crippen LogP contribution in [0.1, 0.15) is 22.3 Å². The van der Waals surface area contributed by atoms with Gasteiger partial charge in [-0.3, -0.25) is 19.9 Å². The summed E-state index contributed by atoms with van der Waals surface area (Å²) in [5.41, 5.74) is 22.7. The molecule has 0 amide bonds. The first kappa shape index (κ1) is 40.0. The maximum atomic E-state index is 5.39. The number of nitrogens with zero attached hydrogens (tertiary/aromatic N) is 5. The lowest BCUT2D eigenvalue weighted by atomic mass is 9.70. The Morgan fingerprint density at radius 3 is 1.75 bits per heavy atom. The minimum absolute atomic E-state index is 0.641. The average Bonchev–Trinajstić information content (AvgIpc) is 3.92. The van der Waals surface area contributed by atoms with Crippen LogP contribution in [0.25, 0.3) is 88.8 Å². The molecule has 3 aliphatic rings. The van der Waals surface area contributed by atoms with E-state index in [0.717, 1.165) is 94.5 Å². The molecule has 12 aromatic rings. The van der Waals surface area contributed by atoms with E-state index < -0.39 is 5.41 Å². The third-order valence-corrected chi connectivity index (χ3v) is 16.0. The van der Waals surface area contributed by atoms with Gasteiger partial charge in [-0.2, -0.15) is 0 Å². The Morgan fingerprint density at radius 2 is 0.958 bits per heavy atom. The van der Waals surface area contributed by atoms with Crippen molar-refractivity contribution in [3.8, 4) is 67.0 Å². The molecule has 0 fully saturated rings. The predicted octanol–water partition coefficient (Wildman–Crippen LogP) is 16.5. The quantitative estimate of drug-likeness (QED) is 0.171. The molecule has 0 N–H and O–H groups in total. The first-order valence-electron chi connectivity index (χ1n) is 24.0. The highest BCUT2D eigenvalue weighted by atomic mass is 32.2. The van der Waals surface area contributed by atoms with Gasteiger partial charge in [0.25, 0.3) is 0 Å². The van der Waals surface area contributed by atoms with Gasteiger partial charge in [0.05, 0.1) is 39.2 Å². The van der Waals surface area contributed by atoms with E-state index >= 15 is 0 Å². The Balaban J connectivity index is 0.918. The number of hydrogen-bond acceptors (Lipinski definition) is 6. The number of para-hydroxylation sites is 4. The van der Waals surface area contributed by atoms with Crippen LogP contribution < -0.4 is 4.90 Å². The van der Waals surface area contributed by atoms with Crippen LogP contribution in [0.4, 0.5) is 17.1 Å². The third kappa shape index (κ3) is 5.89. The molecule has 5 heterocycles. The average molecular weight is 922 g/mol. The van der Waals surface area contributed by atoms with Crippen LogP contribution in [0.5, 0.6) is 0 Å². The molecule has 4 aromatic heterocycles. The van der Waals surface area contributed by atoms with Crippen molar-refractivity contribution in [2.45, 2.75) is 15.2 Å². The summed E-state index contributed by atoms with van der Waals surface area (Å²) in [5.74, 6) is 0. The van der Waals surface area contributed by atoms with Crippen molar-refractivity contribution >= 4 is 50.6 Å². The van der Waals surface area contributed by atoms with Crippen LogP contribution in [-0.2, 0) is 5.41 Å². The molecule has 5 nitrogen and oxygen atoms in total. The fourth-order valence-electron chi connectivity index (χ4n) is 11.8. The summed E-state index contributed by atoms with van der Waals surface area (Å²) in [6.07, 6.45) is 7.71. The maximum Gasteiger partial charge on any atom is 0.0937 e. The van der Waals surface area contributed by atoms with Crippen molar-refractivity contribution in [2.24, 2.45) is 0 Å². The smallest absolute Gasteiger partial charge is 0.0937 e. The van der Waals surface area contributed by atoms with Crippen LogP contribution >= 0.6 is 11.8 Å². The maximum absolute atomic E-state index is 5.39. The van der Waals surface area contributed by atoms with Crippen molar-refractivity contribution in [3.63, 3.8) is 0 Å². The summed E-state index contributed by atoms with van der Waals surface area (Å²) < 4.78 is 0. The van der Waals surface area contributed by atoms with Crippen LogP contribution in [0.2, 0.25) is 0 Å². The normalized spacial score (nSPS) is 14.7. The number of pyridine rings is 4. The Morgan fingerprint density at radius 1 is 0.366 bits per heavy atom. The van der Waals surface area contributed by atoms with Gasteiger partial charge in [-0.25, -0.2) is 0 Å². The van der Waals surface area contributed by atoms with Gasteiger partial charge >= 0.3 is 0 Å². The molecular weight excluding hydrogens is 883 g/mol. The lowest BCUT2D eigenvalue weighted by molar-refractivity contribution is 0.788. The van der Waals surface area contributed by atoms with E-state index in [4.69, 9.17) is 19.9 Å². The zero-order valence-corrected chi connectivity index (χ0v) is 39.0. The first-order valence-corrected chi connectivity index (χ1v) is 24.8. The number of rotatable bonds is 5. The summed E-state index contributed by atoms with van der Waals surface area (Å²) in [6.45, 7) is 0. The highest BCUT2D eigenvalue weighted by Crippen LogP contribution is 2.66. The number of benzene rings is 8. The fraction of sp³-hybridized carbons (Fsp3) is 0.0154. The van der Waals surface area contributed by atoms with Gasteiger partial charge in [0.2, 0.25) is 0 Å². The molecule has 15 rings (SSSR count). The number of hydrogen-bond donors (Lipinski definition) is 0. The monoisotopic (exact) mass is 921 g/mol. The van der Waals surface area contributed by atoms with Gasteiger partial charge in [-0.1, -0.05) is 145 Å². The SMILES string of the molecule is c1ccc(N2c3ccccc3Sc3c2ccc2c3-c3ccccc3C23c2cccnc2-c2ncc(-c4cccc(-c5cc(-c6cccc7cccnc67)cc(-c6cccc7cccnc67)c5)c4)cc23)cc1. The minimum Gasteiger partial charge on any atom is -0.308 e. The molecule has 0 radical (unpaired) electrons. The summed E-state index contributed by atoms with van der Waals surface area (Å²) >= 11 is 1.87. The fourth-order valence-corrected chi connectivity index (χ4v) is 13.0. The lowest BCUT2D eigenvalue weighted by Crippen LogP contribution is -2.26. The molecular formula is C65H39N5S. The lowest BCUT2D eigenvalue weighted by Gasteiger charge is -2.35. The van der Waals surface area contributed by atoms with Crippen molar-refractivity contribution < 1.29 is 0 Å². The van der Waals surface area contributed by atoms with Gasteiger partial charge in [-0.05, 0) is 129 Å². The van der Waals surface area contributed by atoms with Gasteiger partial charge in [-0.15, -0.1) is 0 Å². The standard InChI is InChI=1S/C65H39N5S/c1-2-20-48(21-3-1)70-56-27-6-7-28-58(56)71-64-57(70)30-29-53-59(64)51-22-4-5-25-52(51)65(53)54-26-13-33-68-62(54)63-55(65)38-47(39-69-63)43-17-8-16-42(34-43)44-35-45(49-23-9-14-40-18-11-31-66-60(40)49)37-46(36-44)50-24-10-15-41-19-12-32-67-61(41)50/h1-39H. The number of aromatic nitrogens is 4. The van der Waals surface area contributed by atoms with Crippen molar-refractivity contribution in [2.75, 3.05) is 4.90 Å². The predicted molar refractivity (Wildman–Crippen MR) is 289 cm³/mol. The van der Waals surface area contributed by atoms with Crippen LogP contribution in [-0.4, -0.2) is 19.9 Å². The first-order chi connectivity index (χ1) is 35.2. The second kappa shape index (κ2) is 15.5. The van der Waals surface area contributed by atoms with E-state index in [0.29, 0.717) is 0 Å². The van der Waals surface area contributed by atoms with E-state index in [1.807, 2.05) is 48.7 Å². The molecule has 1 unspecified atom stereocenters. The molecule has 330 valence electrons. The van der Waals surface area contributed by atoms with Gasteiger partial charge in [0.1, 0.15) is 0 Å². The molecule has 1 aliphatic heterocycles. The molecule has 1 atom stereocenters. The van der Waals surface area contributed by atoms with Crippen LogP contribution in [0.15, 0.2) is 247 Å². The summed E-state index contributed by atoms with van der Waals surface area (Å²) in [5, 5.41) is 2.21. The zero-order chi connectivity index (χ0) is 46.6. The molecule has 71 heavy (non-hydrogen) atoms. The summed E-state index contributed by atoms with van der Waals surface area (Å²) in [6, 6.07) is 77.0. The summed E-state index contributed by atoms with van der Waals surface area (Å²) in [4.78, 5) is 25.2. The van der Waals surface area contributed by atoms with E-state index in [1.54, 1.807) is 0 Å². The second-order valence-corrected chi connectivity index (χ2v) is 19.6. The van der Waals surface area contributed by atoms with Gasteiger partial charge in [0.15, 0.2) is 0 Å². The Kier molecular flexibility index (Phi) is 8.74. The van der Waals surface area contributed by atoms with Crippen LogP contribution in [0, 0.1) is 0 Å². The molecule has 0 saturated carbocycles. The van der Waals surface area contributed by atoms with E-state index in [2.05, 4.69) is 205 Å². The third-order valence-electron chi connectivity index (χ3n) is 14.8. The van der Waals surface area contributed by atoms with E-state index in [-0.39, 0.29) is 0 Å². The molecule has 6 heteroatoms. The topological polar surface area (TPSA) is 54.8 Å². The van der Waals surface area contributed by atoms with Crippen molar-refractivity contribution in [1.82, 2.24) is 19.9 Å². The van der Waals surface area contributed by atoms with Crippen molar-refractivity contribution in [3.05, 3.63) is 259 Å². The Bertz CT molecular complexity index is 4080. The second-order valence-electron chi connectivity index (χ2n) is 18.5. The molecule has 2 aliphatic carbocycles. The number of anilines is 3. The molecule has 0 saturated heterocycles. The van der Waals surface area contributed by atoms with Gasteiger partial charge in [0, 0.05) is 78.9 Å². The molecule has 8 aromatic carbocycles. The van der Waals surface area contributed by atoms with E-state index in [9.17, 15) is 0 Å². The Hall–Kier alpha value is -8.97. The summed E-state index contributed by atoms with van der Waals surface area (Å²) in [7, 11) is 0. The largest absolute Gasteiger partial charge is 0.308 e. The molecule has 0 bridgehead atoms. The highest BCUT2D eigenvalue weighted by Gasteiger charge is 2.54. The van der Waals surface area contributed by atoms with Crippen LogP contribution in [0.3, 0.4) is 0 Å². The minimum atomic E-state index is -0.641. The Labute approximate surface area is 414 Å². The van der Waals surface area contributed by atoms with E-state index in [1.165, 1.54) is 43.4 Å². The number of fused-ring (bicyclic) bond motifs is 15.